The van der Waals surface area contributed by atoms with Gasteiger partial charge in [0.1, 0.15) is 23.8 Å². The van der Waals surface area contributed by atoms with Crippen molar-refractivity contribution >= 4 is 11.9 Å². The minimum Gasteiger partial charge on any atom is -0.484 e. The summed E-state index contributed by atoms with van der Waals surface area (Å²) >= 11 is 0. The number of carbonyl (C=O) groups is 2. The van der Waals surface area contributed by atoms with E-state index in [4.69, 9.17) is 9.47 Å². The van der Waals surface area contributed by atoms with Crippen molar-refractivity contribution in [2.24, 2.45) is 0 Å². The van der Waals surface area contributed by atoms with Gasteiger partial charge in [-0.3, -0.25) is 9.59 Å². The quantitative estimate of drug-likeness (QED) is 0.790. The van der Waals surface area contributed by atoms with Gasteiger partial charge in [0, 0.05) is 0 Å². The van der Waals surface area contributed by atoms with E-state index in [1.807, 2.05) is 31.2 Å². The maximum Gasteiger partial charge on any atom is 0.325 e. The highest BCUT2D eigenvalue weighted by atomic mass is 16.5. The highest BCUT2D eigenvalue weighted by Crippen LogP contribution is 2.24. The van der Waals surface area contributed by atoms with Crippen LogP contribution in [0.4, 0.5) is 0 Å². The predicted octanol–water partition coefficient (Wildman–Crippen LogP) is 2.46. The van der Waals surface area contributed by atoms with Crippen molar-refractivity contribution in [1.82, 2.24) is 5.32 Å². The molecule has 6 nitrogen and oxygen atoms in total. The van der Waals surface area contributed by atoms with Crippen LogP contribution in [-0.4, -0.2) is 32.1 Å². The maximum atomic E-state index is 11.5. The molecule has 0 spiro atoms. The van der Waals surface area contributed by atoms with E-state index in [0.29, 0.717) is 11.5 Å². The van der Waals surface area contributed by atoms with Crippen LogP contribution in [0.2, 0.25) is 0 Å². The molecule has 0 aliphatic heterocycles. The molecule has 2 rings (SSSR count). The number of nitrogens with one attached hydrogen (secondary N) is 1. The maximum absolute atomic E-state index is 11.5. The van der Waals surface area contributed by atoms with Gasteiger partial charge in [0.15, 0.2) is 6.61 Å². The van der Waals surface area contributed by atoms with E-state index in [-0.39, 0.29) is 13.2 Å². The summed E-state index contributed by atoms with van der Waals surface area (Å²) in [5, 5.41) is 2.39. The van der Waals surface area contributed by atoms with Crippen molar-refractivity contribution in [3.63, 3.8) is 0 Å². The second kappa shape index (κ2) is 8.57. The molecule has 0 aliphatic carbocycles. The normalized spacial score (nSPS) is 9.92. The number of carbonyl (C=O) groups excluding carboxylic acids is 2. The first-order valence-corrected chi connectivity index (χ1v) is 7.38. The summed E-state index contributed by atoms with van der Waals surface area (Å²) in [4.78, 5) is 22.4. The van der Waals surface area contributed by atoms with Gasteiger partial charge in [-0.25, -0.2) is 0 Å². The molecule has 0 aromatic heterocycles. The number of ether oxygens (including phenoxy) is 3. The highest BCUT2D eigenvalue weighted by molar-refractivity contribution is 5.82. The third-order valence-electron chi connectivity index (χ3n) is 3.11. The van der Waals surface area contributed by atoms with Crippen LogP contribution in [0.3, 0.4) is 0 Å². The van der Waals surface area contributed by atoms with Crippen LogP contribution in [0.25, 0.3) is 0 Å². The largest absolute Gasteiger partial charge is 0.484 e. The lowest BCUT2D eigenvalue weighted by molar-refractivity contribution is -0.141. The SMILES string of the molecule is COC(=O)CNC(=O)COc1ccc(Oc2ccc(C)cc2)cc1. The van der Waals surface area contributed by atoms with E-state index in [0.717, 1.165) is 11.3 Å². The Hall–Kier alpha value is -3.02. The minimum absolute atomic E-state index is 0.179. The number of hydrogen-bond acceptors (Lipinski definition) is 5. The Morgan fingerprint density at radius 1 is 0.917 bits per heavy atom. The fourth-order valence-electron chi connectivity index (χ4n) is 1.79. The number of esters is 1. The van der Waals surface area contributed by atoms with E-state index < -0.39 is 11.9 Å². The summed E-state index contributed by atoms with van der Waals surface area (Å²) in [6.07, 6.45) is 0. The lowest BCUT2D eigenvalue weighted by Gasteiger charge is -2.09. The first kappa shape index (κ1) is 17.3. The van der Waals surface area contributed by atoms with Crippen LogP contribution >= 0.6 is 0 Å². The summed E-state index contributed by atoms with van der Waals surface area (Å²) in [6, 6.07) is 14.6. The molecule has 0 atom stereocenters. The molecule has 24 heavy (non-hydrogen) atoms. The first-order valence-electron chi connectivity index (χ1n) is 7.38. The monoisotopic (exact) mass is 329 g/mol. The van der Waals surface area contributed by atoms with Gasteiger partial charge in [0.05, 0.1) is 7.11 Å². The van der Waals surface area contributed by atoms with Crippen LogP contribution in [0, 0.1) is 6.92 Å². The molecule has 126 valence electrons. The number of amides is 1. The van der Waals surface area contributed by atoms with E-state index in [2.05, 4.69) is 10.1 Å². The molecule has 0 aliphatic rings. The molecule has 2 aromatic rings. The molecule has 1 amide bonds. The van der Waals surface area contributed by atoms with Crippen LogP contribution in [-0.2, 0) is 14.3 Å². The molecule has 0 saturated carbocycles. The molecule has 0 heterocycles. The number of rotatable bonds is 7. The second-order valence-electron chi connectivity index (χ2n) is 5.03. The highest BCUT2D eigenvalue weighted by Gasteiger charge is 2.06. The van der Waals surface area contributed by atoms with Gasteiger partial charge < -0.3 is 19.5 Å². The average Bonchev–Trinajstić information content (AvgIpc) is 2.61. The minimum atomic E-state index is -0.513. The third kappa shape index (κ3) is 5.64. The number of benzene rings is 2. The molecular weight excluding hydrogens is 310 g/mol. The van der Waals surface area contributed by atoms with Crippen LogP contribution in [0.1, 0.15) is 5.56 Å². The van der Waals surface area contributed by atoms with Crippen LogP contribution in [0.15, 0.2) is 48.5 Å². The molecule has 0 bridgehead atoms. The molecule has 0 fully saturated rings. The molecule has 1 N–H and O–H groups in total. The number of methoxy groups -OCH3 is 1. The predicted molar refractivity (Wildman–Crippen MR) is 88.2 cm³/mol. The van der Waals surface area contributed by atoms with E-state index in [1.54, 1.807) is 24.3 Å². The van der Waals surface area contributed by atoms with Crippen LogP contribution in [0.5, 0.6) is 17.2 Å². The molecule has 0 saturated heterocycles. The fourth-order valence-corrected chi connectivity index (χ4v) is 1.79. The zero-order valence-corrected chi connectivity index (χ0v) is 13.6. The Bertz CT molecular complexity index is 680. The van der Waals surface area contributed by atoms with Crippen molar-refractivity contribution < 1.29 is 23.8 Å². The van der Waals surface area contributed by atoms with Crippen molar-refractivity contribution in [2.75, 3.05) is 20.3 Å². The standard InChI is InChI=1S/C18H19NO5/c1-13-3-5-15(6-4-13)24-16-9-7-14(8-10-16)23-12-17(20)19-11-18(21)22-2/h3-10H,11-12H2,1-2H3,(H,19,20). The lowest BCUT2D eigenvalue weighted by Crippen LogP contribution is -2.33. The van der Waals surface area contributed by atoms with Gasteiger partial charge in [0.25, 0.3) is 5.91 Å². The van der Waals surface area contributed by atoms with Gasteiger partial charge in [0.2, 0.25) is 0 Å². The van der Waals surface area contributed by atoms with Gasteiger partial charge >= 0.3 is 5.97 Å². The topological polar surface area (TPSA) is 73.9 Å². The first-order chi connectivity index (χ1) is 11.6. The summed E-state index contributed by atoms with van der Waals surface area (Å²) in [5.41, 5.74) is 1.16. The van der Waals surface area contributed by atoms with Crippen molar-refractivity contribution in [3.05, 3.63) is 54.1 Å². The molecule has 2 aromatic carbocycles. The van der Waals surface area contributed by atoms with Gasteiger partial charge in [-0.15, -0.1) is 0 Å². The average molecular weight is 329 g/mol. The van der Waals surface area contributed by atoms with Crippen molar-refractivity contribution in [1.29, 1.82) is 0 Å². The second-order valence-corrected chi connectivity index (χ2v) is 5.03. The lowest BCUT2D eigenvalue weighted by atomic mass is 10.2. The third-order valence-corrected chi connectivity index (χ3v) is 3.11. The number of hydrogen-bond donors (Lipinski definition) is 1. The Balaban J connectivity index is 1.80. The van der Waals surface area contributed by atoms with E-state index in [1.165, 1.54) is 7.11 Å². The molecular formula is C18H19NO5. The van der Waals surface area contributed by atoms with Crippen molar-refractivity contribution in [3.8, 4) is 17.2 Å². The summed E-state index contributed by atoms with van der Waals surface area (Å²) in [7, 11) is 1.26. The van der Waals surface area contributed by atoms with Gasteiger partial charge in [-0.2, -0.15) is 0 Å². The smallest absolute Gasteiger partial charge is 0.325 e. The van der Waals surface area contributed by atoms with Crippen LogP contribution < -0.4 is 14.8 Å². The molecule has 0 radical (unpaired) electrons. The van der Waals surface area contributed by atoms with Crippen molar-refractivity contribution in [2.45, 2.75) is 6.92 Å². The Morgan fingerprint density at radius 3 is 2.04 bits per heavy atom. The zero-order chi connectivity index (χ0) is 17.4. The Kier molecular flexibility index (Phi) is 6.19. The van der Waals surface area contributed by atoms with Gasteiger partial charge in [-0.1, -0.05) is 17.7 Å². The Labute approximate surface area is 140 Å². The van der Waals surface area contributed by atoms with E-state index >= 15 is 0 Å². The Morgan fingerprint density at radius 2 is 1.46 bits per heavy atom. The number of aryl methyl sites for hydroxylation is 1. The molecule has 0 unspecified atom stereocenters. The summed E-state index contributed by atoms with van der Waals surface area (Å²) < 4.78 is 15.5. The summed E-state index contributed by atoms with van der Waals surface area (Å²) in [6.45, 7) is 1.65. The molecule has 6 heteroatoms. The van der Waals surface area contributed by atoms with E-state index in [9.17, 15) is 9.59 Å². The zero-order valence-electron chi connectivity index (χ0n) is 13.6. The summed E-state index contributed by atoms with van der Waals surface area (Å²) in [5.74, 6) is 1.03. The van der Waals surface area contributed by atoms with Gasteiger partial charge in [-0.05, 0) is 43.3 Å². The fraction of sp³-hybridized carbons (Fsp3) is 0.222.